The monoisotopic (exact) mass is 352 g/mol. The van der Waals surface area contributed by atoms with Gasteiger partial charge in [0.25, 0.3) is 5.91 Å². The van der Waals surface area contributed by atoms with Crippen molar-refractivity contribution in [2.24, 2.45) is 0 Å². The van der Waals surface area contributed by atoms with Crippen molar-refractivity contribution in [2.75, 3.05) is 11.9 Å². The summed E-state index contributed by atoms with van der Waals surface area (Å²) in [4.78, 5) is 12.4. The maximum absolute atomic E-state index is 12.3. The van der Waals surface area contributed by atoms with E-state index in [0.717, 1.165) is 5.56 Å². The number of carbonyl (C=O) groups is 1. The third kappa shape index (κ3) is 4.31. The Kier molecular flexibility index (Phi) is 5.41. The molecule has 0 aliphatic heterocycles. The molecule has 0 unspecified atom stereocenters. The van der Waals surface area contributed by atoms with E-state index in [0.29, 0.717) is 10.7 Å². The summed E-state index contributed by atoms with van der Waals surface area (Å²) in [5.41, 5.74) is 1.70. The lowest BCUT2D eigenvalue weighted by Crippen LogP contribution is -2.23. The standard InChI is InChI=1S/C16H17ClN2O3S/c1-3-18-23(21,22)14-6-4-5-12(9-14)16(20)19-15-10-13(17)8-7-11(15)2/h4-10,18H,3H2,1-2H3,(H,19,20). The molecule has 0 saturated heterocycles. The summed E-state index contributed by atoms with van der Waals surface area (Å²) in [6.07, 6.45) is 0. The first-order valence-corrected chi connectivity index (χ1v) is 8.87. The fraction of sp³-hybridized carbons (Fsp3) is 0.188. The molecule has 5 nitrogen and oxygen atoms in total. The van der Waals surface area contributed by atoms with Crippen LogP contribution in [0.3, 0.4) is 0 Å². The van der Waals surface area contributed by atoms with E-state index < -0.39 is 15.9 Å². The molecule has 23 heavy (non-hydrogen) atoms. The fourth-order valence-corrected chi connectivity index (χ4v) is 3.26. The molecular weight excluding hydrogens is 336 g/mol. The number of hydrogen-bond donors (Lipinski definition) is 2. The van der Waals surface area contributed by atoms with Crippen LogP contribution in [0.2, 0.25) is 5.02 Å². The van der Waals surface area contributed by atoms with Crippen LogP contribution < -0.4 is 10.0 Å². The number of carbonyl (C=O) groups excluding carboxylic acids is 1. The maximum atomic E-state index is 12.3. The summed E-state index contributed by atoms with van der Waals surface area (Å²) in [6, 6.07) is 11.0. The predicted molar refractivity (Wildman–Crippen MR) is 91.4 cm³/mol. The Bertz CT molecular complexity index is 835. The molecule has 0 bridgehead atoms. The van der Waals surface area contributed by atoms with Crippen molar-refractivity contribution in [1.82, 2.24) is 4.72 Å². The first kappa shape index (κ1) is 17.5. The number of amides is 1. The molecule has 1 amide bonds. The molecule has 7 heteroatoms. The zero-order valence-corrected chi connectivity index (χ0v) is 14.3. The highest BCUT2D eigenvalue weighted by Crippen LogP contribution is 2.21. The molecule has 0 spiro atoms. The van der Waals surface area contributed by atoms with E-state index >= 15 is 0 Å². The van der Waals surface area contributed by atoms with Crippen molar-refractivity contribution < 1.29 is 13.2 Å². The van der Waals surface area contributed by atoms with E-state index in [1.165, 1.54) is 18.2 Å². The Balaban J connectivity index is 2.28. The highest BCUT2D eigenvalue weighted by Gasteiger charge is 2.15. The van der Waals surface area contributed by atoms with Crippen LogP contribution in [0, 0.1) is 6.92 Å². The molecule has 0 aliphatic rings. The minimum absolute atomic E-state index is 0.0508. The van der Waals surface area contributed by atoms with E-state index in [2.05, 4.69) is 10.0 Å². The van der Waals surface area contributed by atoms with Crippen LogP contribution in [0.25, 0.3) is 0 Å². The largest absolute Gasteiger partial charge is 0.322 e. The van der Waals surface area contributed by atoms with Crippen LogP contribution >= 0.6 is 11.6 Å². The predicted octanol–water partition coefficient (Wildman–Crippen LogP) is 3.20. The third-order valence-electron chi connectivity index (χ3n) is 3.19. The van der Waals surface area contributed by atoms with Crippen LogP contribution in [0.15, 0.2) is 47.4 Å². The molecule has 0 radical (unpaired) electrons. The summed E-state index contributed by atoms with van der Waals surface area (Å²) in [6.45, 7) is 3.81. The van der Waals surface area contributed by atoms with Gasteiger partial charge in [-0.05, 0) is 42.8 Å². The number of aryl methyl sites for hydroxylation is 1. The molecule has 2 aromatic carbocycles. The van der Waals surface area contributed by atoms with Crippen LogP contribution in [0.4, 0.5) is 5.69 Å². The van der Waals surface area contributed by atoms with Crippen molar-refractivity contribution in [3.63, 3.8) is 0 Å². The Labute approximate surface area is 140 Å². The van der Waals surface area contributed by atoms with E-state index in [4.69, 9.17) is 11.6 Å². The fourth-order valence-electron chi connectivity index (χ4n) is 2.00. The lowest BCUT2D eigenvalue weighted by molar-refractivity contribution is 0.102. The third-order valence-corrected chi connectivity index (χ3v) is 4.97. The van der Waals surface area contributed by atoms with Gasteiger partial charge in [0.05, 0.1) is 4.90 Å². The first-order chi connectivity index (χ1) is 10.8. The Morgan fingerprint density at radius 1 is 1.17 bits per heavy atom. The maximum Gasteiger partial charge on any atom is 0.255 e. The second-order valence-electron chi connectivity index (χ2n) is 4.94. The molecule has 122 valence electrons. The van der Waals surface area contributed by atoms with Crippen molar-refractivity contribution in [2.45, 2.75) is 18.7 Å². The topological polar surface area (TPSA) is 75.3 Å². The molecule has 2 rings (SSSR count). The Hall–Kier alpha value is -1.89. The number of sulfonamides is 1. The number of nitrogens with one attached hydrogen (secondary N) is 2. The van der Waals surface area contributed by atoms with Gasteiger partial charge in [-0.1, -0.05) is 30.7 Å². The smallest absolute Gasteiger partial charge is 0.255 e. The van der Waals surface area contributed by atoms with Gasteiger partial charge in [-0.25, -0.2) is 13.1 Å². The number of anilines is 1. The summed E-state index contributed by atoms with van der Waals surface area (Å²) >= 11 is 5.93. The van der Waals surface area contributed by atoms with E-state index in [-0.39, 0.29) is 17.0 Å². The van der Waals surface area contributed by atoms with Gasteiger partial charge in [-0.15, -0.1) is 0 Å². The Morgan fingerprint density at radius 2 is 1.91 bits per heavy atom. The van der Waals surface area contributed by atoms with Crippen LogP contribution in [0.1, 0.15) is 22.8 Å². The second kappa shape index (κ2) is 7.12. The van der Waals surface area contributed by atoms with Gasteiger partial charge in [-0.3, -0.25) is 4.79 Å². The number of halogens is 1. The van der Waals surface area contributed by atoms with Gasteiger partial charge in [0, 0.05) is 22.8 Å². The van der Waals surface area contributed by atoms with Crippen molar-refractivity contribution in [3.05, 3.63) is 58.6 Å². The van der Waals surface area contributed by atoms with Crippen LogP contribution in [0.5, 0.6) is 0 Å². The molecule has 2 aromatic rings. The van der Waals surface area contributed by atoms with Gasteiger partial charge in [-0.2, -0.15) is 0 Å². The molecule has 0 aromatic heterocycles. The molecule has 0 aliphatic carbocycles. The van der Waals surface area contributed by atoms with Crippen molar-refractivity contribution >= 4 is 33.2 Å². The summed E-state index contributed by atoms with van der Waals surface area (Å²) < 4.78 is 26.4. The molecule has 0 heterocycles. The molecular formula is C16H17ClN2O3S. The minimum Gasteiger partial charge on any atom is -0.322 e. The summed E-state index contributed by atoms with van der Waals surface area (Å²) in [5, 5.41) is 3.25. The van der Waals surface area contributed by atoms with Gasteiger partial charge < -0.3 is 5.32 Å². The highest BCUT2D eigenvalue weighted by atomic mass is 35.5. The van der Waals surface area contributed by atoms with Crippen molar-refractivity contribution in [1.29, 1.82) is 0 Å². The van der Waals surface area contributed by atoms with Crippen LogP contribution in [-0.2, 0) is 10.0 Å². The molecule has 0 saturated carbocycles. The van der Waals surface area contributed by atoms with E-state index in [9.17, 15) is 13.2 Å². The first-order valence-electron chi connectivity index (χ1n) is 7.00. The van der Waals surface area contributed by atoms with Crippen molar-refractivity contribution in [3.8, 4) is 0 Å². The van der Waals surface area contributed by atoms with Gasteiger partial charge >= 0.3 is 0 Å². The number of rotatable bonds is 5. The van der Waals surface area contributed by atoms with Crippen LogP contribution in [-0.4, -0.2) is 20.9 Å². The minimum atomic E-state index is -3.61. The zero-order chi connectivity index (χ0) is 17.0. The highest BCUT2D eigenvalue weighted by molar-refractivity contribution is 7.89. The number of benzene rings is 2. The van der Waals surface area contributed by atoms with Gasteiger partial charge in [0.1, 0.15) is 0 Å². The second-order valence-corrected chi connectivity index (χ2v) is 7.15. The molecule has 0 fully saturated rings. The van der Waals surface area contributed by atoms with Gasteiger partial charge in [0.15, 0.2) is 0 Å². The average molecular weight is 353 g/mol. The number of hydrogen-bond acceptors (Lipinski definition) is 3. The van der Waals surface area contributed by atoms with Gasteiger partial charge in [0.2, 0.25) is 10.0 Å². The molecule has 0 atom stereocenters. The summed E-state index contributed by atoms with van der Waals surface area (Å²) in [5.74, 6) is -0.399. The quantitative estimate of drug-likeness (QED) is 0.867. The average Bonchev–Trinajstić information content (AvgIpc) is 2.51. The lowest BCUT2D eigenvalue weighted by Gasteiger charge is -2.10. The normalized spacial score (nSPS) is 11.3. The van der Waals surface area contributed by atoms with E-state index in [1.54, 1.807) is 31.2 Å². The lowest BCUT2D eigenvalue weighted by atomic mass is 10.1. The summed E-state index contributed by atoms with van der Waals surface area (Å²) in [7, 11) is -3.61. The molecule has 2 N–H and O–H groups in total. The zero-order valence-electron chi connectivity index (χ0n) is 12.8. The SMILES string of the molecule is CCNS(=O)(=O)c1cccc(C(=O)Nc2cc(Cl)ccc2C)c1. The van der Waals surface area contributed by atoms with E-state index in [1.807, 2.05) is 6.92 Å². The Morgan fingerprint density at radius 3 is 2.61 bits per heavy atom.